The van der Waals surface area contributed by atoms with E-state index in [9.17, 15) is 9.18 Å². The molecule has 10 heteroatoms. The lowest BCUT2D eigenvalue weighted by Gasteiger charge is -2.36. The first kappa shape index (κ1) is 20.3. The second-order valence-electron chi connectivity index (χ2n) is 7.25. The van der Waals surface area contributed by atoms with Crippen molar-refractivity contribution in [3.63, 3.8) is 0 Å². The summed E-state index contributed by atoms with van der Waals surface area (Å²) in [7, 11) is 1.91. The predicted molar refractivity (Wildman–Crippen MR) is 117 cm³/mol. The molecule has 9 nitrogen and oxygen atoms in total. The van der Waals surface area contributed by atoms with Gasteiger partial charge in [-0.2, -0.15) is 0 Å². The molecule has 1 amide bonds. The van der Waals surface area contributed by atoms with E-state index in [-0.39, 0.29) is 11.9 Å². The van der Waals surface area contributed by atoms with Gasteiger partial charge in [0.25, 0.3) is 0 Å². The highest BCUT2D eigenvalue weighted by molar-refractivity contribution is 6.00. The molecule has 0 bridgehead atoms. The van der Waals surface area contributed by atoms with Gasteiger partial charge in [0.1, 0.15) is 6.17 Å². The molecule has 0 radical (unpaired) electrons. The molecule has 31 heavy (non-hydrogen) atoms. The molecule has 1 aliphatic rings. The molecule has 0 spiro atoms. The topological polar surface area (TPSA) is 92.3 Å². The predicted octanol–water partition coefficient (Wildman–Crippen LogP) is 3.07. The van der Waals surface area contributed by atoms with Gasteiger partial charge in [-0.1, -0.05) is 6.58 Å². The number of alkyl halides is 1. The number of nitrogens with one attached hydrogen (secondary N) is 2. The summed E-state index contributed by atoms with van der Waals surface area (Å²) in [6, 6.07) is 4.96. The van der Waals surface area contributed by atoms with Gasteiger partial charge in [-0.3, -0.25) is 4.79 Å². The summed E-state index contributed by atoms with van der Waals surface area (Å²) in [6.45, 7) is 11.3. The molecule has 0 aliphatic carbocycles. The molecule has 4 rings (SSSR count). The number of carbonyl (C=O) groups excluding carboxylic acids is 1. The van der Waals surface area contributed by atoms with Crippen LogP contribution in [0.2, 0.25) is 0 Å². The molecule has 2 aromatic heterocycles. The lowest BCUT2D eigenvalue weighted by Crippen LogP contribution is -2.49. The number of fused-ring (bicyclic) bond motifs is 1. The second kappa shape index (κ2) is 8.39. The number of carbonyl (C=O) groups is 1. The number of aromatic nitrogens is 4. The maximum absolute atomic E-state index is 14.6. The molecule has 3 aromatic rings. The van der Waals surface area contributed by atoms with Gasteiger partial charge in [-0.05, 0) is 30.7 Å². The smallest absolute Gasteiger partial charge is 0.247 e. The standard InChI is InChI=1S/C21H21FN8O/c1-4-19(31)26-13-5-6-18-16(9-13)28-21(29(18)3)30-8-7-15(22)17(12-30)27-20-24-10-14(23-2)11-25-20/h4-6,9-11,15,17H,1,7-8,12H2,3H3,(H,26,31)(H,24,25,27)/t15-,17-/m0/s1. The Morgan fingerprint density at radius 2 is 2.16 bits per heavy atom. The van der Waals surface area contributed by atoms with Crippen LogP contribution in [0.1, 0.15) is 6.42 Å². The number of piperidine rings is 1. The van der Waals surface area contributed by atoms with Crippen molar-refractivity contribution >= 4 is 40.2 Å². The number of amides is 1. The Balaban J connectivity index is 1.55. The summed E-state index contributed by atoms with van der Waals surface area (Å²) in [5.41, 5.74) is 2.58. The number of halogens is 1. The minimum absolute atomic E-state index is 0.287. The Hall–Kier alpha value is -4.00. The summed E-state index contributed by atoms with van der Waals surface area (Å²) in [4.78, 5) is 29.7. The second-order valence-corrected chi connectivity index (χ2v) is 7.25. The highest BCUT2D eigenvalue weighted by Crippen LogP contribution is 2.27. The molecule has 1 aliphatic heterocycles. The molecular formula is C21H21FN8O. The van der Waals surface area contributed by atoms with Crippen molar-refractivity contribution < 1.29 is 9.18 Å². The average Bonchev–Trinajstić information content (AvgIpc) is 3.11. The summed E-state index contributed by atoms with van der Waals surface area (Å²) in [6.07, 6.45) is 3.30. The Morgan fingerprint density at radius 3 is 2.87 bits per heavy atom. The molecule has 1 saturated heterocycles. The van der Waals surface area contributed by atoms with Crippen LogP contribution in [0, 0.1) is 6.57 Å². The largest absolute Gasteiger partial charge is 0.347 e. The van der Waals surface area contributed by atoms with E-state index >= 15 is 0 Å². The van der Waals surface area contributed by atoms with Crippen LogP contribution in [0.3, 0.4) is 0 Å². The van der Waals surface area contributed by atoms with E-state index in [2.05, 4.69) is 32.0 Å². The lowest BCUT2D eigenvalue weighted by atomic mass is 10.0. The molecule has 158 valence electrons. The van der Waals surface area contributed by atoms with Gasteiger partial charge in [0.2, 0.25) is 23.5 Å². The molecule has 2 atom stereocenters. The van der Waals surface area contributed by atoms with Crippen LogP contribution in [-0.4, -0.2) is 50.7 Å². The first-order chi connectivity index (χ1) is 15.0. The number of hydrogen-bond donors (Lipinski definition) is 2. The van der Waals surface area contributed by atoms with Crippen LogP contribution in [0.25, 0.3) is 15.9 Å². The van der Waals surface area contributed by atoms with Crippen molar-refractivity contribution in [2.75, 3.05) is 28.6 Å². The Bertz CT molecular complexity index is 1170. The zero-order valence-corrected chi connectivity index (χ0v) is 16.9. The van der Waals surface area contributed by atoms with Gasteiger partial charge in [0, 0.05) is 38.2 Å². The highest BCUT2D eigenvalue weighted by atomic mass is 19.1. The number of imidazole rings is 1. The van der Waals surface area contributed by atoms with Crippen LogP contribution in [-0.2, 0) is 11.8 Å². The van der Waals surface area contributed by atoms with Crippen LogP contribution < -0.4 is 15.5 Å². The SMILES string of the molecule is [C-]#[N+]c1cnc(N[C@H]2CN(c3nc4cc(NC(=O)C=C)ccc4n3C)CC[C@@H]2F)nc1. The number of hydrogen-bond acceptors (Lipinski definition) is 6. The number of nitrogens with zero attached hydrogens (tertiary/aromatic N) is 6. The van der Waals surface area contributed by atoms with Crippen LogP contribution >= 0.6 is 0 Å². The van der Waals surface area contributed by atoms with Gasteiger partial charge in [-0.15, -0.1) is 0 Å². The molecule has 1 aromatic carbocycles. The third kappa shape index (κ3) is 4.16. The highest BCUT2D eigenvalue weighted by Gasteiger charge is 2.31. The Morgan fingerprint density at radius 1 is 1.39 bits per heavy atom. The van der Waals surface area contributed by atoms with Crippen LogP contribution in [0.5, 0.6) is 0 Å². The molecule has 3 heterocycles. The normalized spacial score (nSPS) is 18.4. The van der Waals surface area contributed by atoms with Gasteiger partial charge >= 0.3 is 0 Å². The molecule has 0 unspecified atom stereocenters. The van der Waals surface area contributed by atoms with Crippen molar-refractivity contribution in [3.8, 4) is 0 Å². The zero-order chi connectivity index (χ0) is 22.0. The van der Waals surface area contributed by atoms with E-state index < -0.39 is 12.2 Å². The van der Waals surface area contributed by atoms with E-state index in [0.29, 0.717) is 36.8 Å². The van der Waals surface area contributed by atoms with E-state index in [0.717, 1.165) is 11.0 Å². The van der Waals surface area contributed by atoms with Crippen molar-refractivity contribution in [1.29, 1.82) is 0 Å². The van der Waals surface area contributed by atoms with E-state index in [1.807, 2.05) is 22.6 Å². The fourth-order valence-corrected chi connectivity index (χ4v) is 3.60. The third-order valence-electron chi connectivity index (χ3n) is 5.20. The molecule has 0 saturated carbocycles. The minimum atomic E-state index is -1.06. The third-order valence-corrected chi connectivity index (χ3v) is 5.20. The zero-order valence-electron chi connectivity index (χ0n) is 16.9. The lowest BCUT2D eigenvalue weighted by molar-refractivity contribution is -0.111. The first-order valence-electron chi connectivity index (χ1n) is 9.73. The summed E-state index contributed by atoms with van der Waals surface area (Å²) in [5, 5.41) is 5.76. The van der Waals surface area contributed by atoms with Crippen molar-refractivity contribution in [1.82, 2.24) is 19.5 Å². The van der Waals surface area contributed by atoms with Gasteiger partial charge < -0.3 is 20.1 Å². The number of anilines is 3. The minimum Gasteiger partial charge on any atom is -0.347 e. The summed E-state index contributed by atoms with van der Waals surface area (Å²) < 4.78 is 16.6. The van der Waals surface area contributed by atoms with Crippen LogP contribution in [0.15, 0.2) is 43.2 Å². The van der Waals surface area contributed by atoms with E-state index in [1.165, 1.54) is 18.5 Å². The van der Waals surface area contributed by atoms with Gasteiger partial charge in [-0.25, -0.2) is 24.2 Å². The first-order valence-corrected chi connectivity index (χ1v) is 9.73. The maximum atomic E-state index is 14.6. The monoisotopic (exact) mass is 420 g/mol. The van der Waals surface area contributed by atoms with E-state index in [1.54, 1.807) is 12.1 Å². The fourth-order valence-electron chi connectivity index (χ4n) is 3.60. The van der Waals surface area contributed by atoms with Crippen molar-refractivity contribution in [2.45, 2.75) is 18.6 Å². The fraction of sp³-hybridized carbons (Fsp3) is 0.286. The van der Waals surface area contributed by atoms with E-state index in [4.69, 9.17) is 11.6 Å². The number of aryl methyl sites for hydroxylation is 1. The number of rotatable bonds is 5. The van der Waals surface area contributed by atoms with Gasteiger partial charge in [0.15, 0.2) is 0 Å². The van der Waals surface area contributed by atoms with Crippen molar-refractivity contribution in [2.24, 2.45) is 7.05 Å². The maximum Gasteiger partial charge on any atom is 0.247 e. The molecule has 1 fully saturated rings. The summed E-state index contributed by atoms with van der Waals surface area (Å²) in [5.74, 6) is 0.709. The van der Waals surface area contributed by atoms with Crippen molar-refractivity contribution in [3.05, 3.63) is 54.7 Å². The molecular weight excluding hydrogens is 399 g/mol. The Labute approximate surface area is 178 Å². The quantitative estimate of drug-likeness (QED) is 0.487. The summed E-state index contributed by atoms with van der Waals surface area (Å²) >= 11 is 0. The average molecular weight is 420 g/mol. The van der Waals surface area contributed by atoms with Crippen LogP contribution in [0.4, 0.5) is 27.7 Å². The number of benzene rings is 1. The van der Waals surface area contributed by atoms with Gasteiger partial charge in [0.05, 0.1) is 23.6 Å². The molecule has 2 N–H and O–H groups in total. The Kier molecular flexibility index (Phi) is 5.49.